The molecule has 7 nitrogen and oxygen atoms in total. The number of para-hydroxylation sites is 1. The van der Waals surface area contributed by atoms with Crippen LogP contribution < -0.4 is 5.32 Å². The first-order chi connectivity index (χ1) is 10.8. The zero-order valence-electron chi connectivity index (χ0n) is 11.6. The van der Waals surface area contributed by atoms with E-state index in [0.29, 0.717) is 0 Å². The fourth-order valence-corrected chi connectivity index (χ4v) is 1.55. The van der Waals surface area contributed by atoms with E-state index in [1.165, 1.54) is 25.2 Å². The van der Waals surface area contributed by atoms with Crippen molar-refractivity contribution >= 4 is 17.1 Å². The highest BCUT2D eigenvalue weighted by molar-refractivity contribution is 5.61. The number of benzene rings is 2. The van der Waals surface area contributed by atoms with Crippen molar-refractivity contribution in [3.8, 4) is 0 Å². The predicted octanol–water partition coefficient (Wildman–Crippen LogP) is 3.65. The first-order valence-corrected chi connectivity index (χ1v) is 5.98. The second-order valence-corrected chi connectivity index (χ2v) is 3.97. The second kappa shape index (κ2) is 7.73. The predicted molar refractivity (Wildman–Crippen MR) is 75.6 cm³/mol. The molecular formula is C13H10F3N3O4. The highest BCUT2D eigenvalue weighted by Crippen LogP contribution is 2.25. The van der Waals surface area contributed by atoms with Crippen LogP contribution in [0.15, 0.2) is 36.4 Å². The molecule has 0 aromatic heterocycles. The molecule has 0 saturated heterocycles. The Morgan fingerprint density at radius 2 is 1.35 bits per heavy atom. The van der Waals surface area contributed by atoms with Crippen molar-refractivity contribution in [2.75, 3.05) is 12.4 Å². The lowest BCUT2D eigenvalue weighted by Crippen LogP contribution is -1.98. The zero-order chi connectivity index (χ0) is 17.6. The van der Waals surface area contributed by atoms with Gasteiger partial charge in [0.25, 0.3) is 5.69 Å². The third kappa shape index (κ3) is 4.40. The van der Waals surface area contributed by atoms with E-state index in [0.717, 1.165) is 18.2 Å². The van der Waals surface area contributed by atoms with Crippen LogP contribution in [0.3, 0.4) is 0 Å². The Bertz CT molecular complexity index is 740. The minimum absolute atomic E-state index is 0.0810. The van der Waals surface area contributed by atoms with Gasteiger partial charge >= 0.3 is 5.69 Å². The van der Waals surface area contributed by atoms with Crippen LogP contribution in [0.25, 0.3) is 0 Å². The maximum absolute atomic E-state index is 12.8. The Labute approximate surface area is 127 Å². The van der Waals surface area contributed by atoms with E-state index in [1.54, 1.807) is 0 Å². The molecule has 2 aromatic carbocycles. The zero-order valence-corrected chi connectivity index (χ0v) is 11.6. The Morgan fingerprint density at radius 3 is 1.74 bits per heavy atom. The Kier molecular flexibility index (Phi) is 6.01. The van der Waals surface area contributed by atoms with Gasteiger partial charge in [0.2, 0.25) is 5.82 Å². The number of hydrogen-bond acceptors (Lipinski definition) is 5. The smallest absolute Gasteiger partial charge is 0.307 e. The van der Waals surface area contributed by atoms with Gasteiger partial charge in [0, 0.05) is 19.2 Å². The SMILES string of the molecule is CNc1c(F)cccc1[N+](=O)[O-].O=[N+]([O-])c1cccc(F)c1F. The summed E-state index contributed by atoms with van der Waals surface area (Å²) in [6.07, 6.45) is 0. The molecule has 0 aliphatic heterocycles. The highest BCUT2D eigenvalue weighted by atomic mass is 19.2. The normalized spacial score (nSPS) is 9.57. The minimum Gasteiger partial charge on any atom is -0.380 e. The van der Waals surface area contributed by atoms with Gasteiger partial charge in [-0.25, -0.2) is 8.78 Å². The number of nitro benzene ring substituents is 2. The van der Waals surface area contributed by atoms with Crippen molar-refractivity contribution < 1.29 is 23.0 Å². The number of nitro groups is 2. The molecule has 0 heterocycles. The summed E-state index contributed by atoms with van der Waals surface area (Å²) in [6, 6.07) is 6.51. The third-order valence-electron chi connectivity index (χ3n) is 2.57. The molecule has 0 unspecified atom stereocenters. The van der Waals surface area contributed by atoms with E-state index in [9.17, 15) is 33.4 Å². The number of nitrogens with one attached hydrogen (secondary N) is 1. The average Bonchev–Trinajstić information content (AvgIpc) is 2.50. The molecule has 2 aromatic rings. The van der Waals surface area contributed by atoms with Gasteiger partial charge in [-0.3, -0.25) is 20.2 Å². The first kappa shape index (κ1) is 17.9. The summed E-state index contributed by atoms with van der Waals surface area (Å²) in [5, 5.41) is 22.7. The average molecular weight is 329 g/mol. The van der Waals surface area contributed by atoms with Crippen LogP contribution in [-0.4, -0.2) is 16.9 Å². The number of rotatable bonds is 3. The molecule has 122 valence electrons. The van der Waals surface area contributed by atoms with Crippen molar-refractivity contribution in [3.63, 3.8) is 0 Å². The molecule has 0 aliphatic rings. The van der Waals surface area contributed by atoms with Crippen LogP contribution in [0.4, 0.5) is 30.2 Å². The molecule has 2 rings (SSSR count). The van der Waals surface area contributed by atoms with Crippen LogP contribution in [0, 0.1) is 37.7 Å². The molecule has 23 heavy (non-hydrogen) atoms. The Hall–Kier alpha value is -3.17. The Morgan fingerprint density at radius 1 is 0.870 bits per heavy atom. The van der Waals surface area contributed by atoms with Gasteiger partial charge in [0.05, 0.1) is 9.85 Å². The van der Waals surface area contributed by atoms with E-state index in [-0.39, 0.29) is 11.4 Å². The monoisotopic (exact) mass is 329 g/mol. The number of hydrogen-bond donors (Lipinski definition) is 1. The quantitative estimate of drug-likeness (QED) is 0.684. The van der Waals surface area contributed by atoms with E-state index >= 15 is 0 Å². The number of halogens is 3. The molecule has 0 amide bonds. The van der Waals surface area contributed by atoms with E-state index in [4.69, 9.17) is 0 Å². The van der Waals surface area contributed by atoms with E-state index < -0.39 is 33.0 Å². The van der Waals surface area contributed by atoms with Crippen molar-refractivity contribution in [3.05, 3.63) is 74.1 Å². The highest BCUT2D eigenvalue weighted by Gasteiger charge is 2.16. The number of nitrogens with zero attached hydrogens (tertiary/aromatic N) is 2. The summed E-state index contributed by atoms with van der Waals surface area (Å²) in [7, 11) is 1.44. The molecule has 0 aliphatic carbocycles. The lowest BCUT2D eigenvalue weighted by Gasteiger charge is -2.01. The molecule has 0 spiro atoms. The fourth-order valence-electron chi connectivity index (χ4n) is 1.55. The van der Waals surface area contributed by atoms with Gasteiger partial charge in [0.1, 0.15) is 5.69 Å². The summed E-state index contributed by atoms with van der Waals surface area (Å²) < 4.78 is 37.5. The van der Waals surface area contributed by atoms with E-state index in [2.05, 4.69) is 5.32 Å². The van der Waals surface area contributed by atoms with Crippen LogP contribution in [-0.2, 0) is 0 Å². The van der Waals surface area contributed by atoms with Gasteiger partial charge in [-0.15, -0.1) is 0 Å². The summed E-state index contributed by atoms with van der Waals surface area (Å²) in [6.45, 7) is 0. The molecule has 0 fully saturated rings. The fraction of sp³-hybridized carbons (Fsp3) is 0.0769. The topological polar surface area (TPSA) is 98.3 Å². The second-order valence-electron chi connectivity index (χ2n) is 3.97. The molecule has 0 saturated carbocycles. The maximum atomic E-state index is 12.8. The lowest BCUT2D eigenvalue weighted by molar-refractivity contribution is -0.387. The van der Waals surface area contributed by atoms with E-state index in [1.807, 2.05) is 0 Å². The van der Waals surface area contributed by atoms with Crippen LogP contribution >= 0.6 is 0 Å². The van der Waals surface area contributed by atoms with Gasteiger partial charge in [-0.1, -0.05) is 12.1 Å². The first-order valence-electron chi connectivity index (χ1n) is 5.98. The van der Waals surface area contributed by atoms with Crippen molar-refractivity contribution in [2.24, 2.45) is 0 Å². The van der Waals surface area contributed by atoms with Gasteiger partial charge in [0.15, 0.2) is 11.6 Å². The summed E-state index contributed by atoms with van der Waals surface area (Å²) in [5.74, 6) is -3.25. The largest absolute Gasteiger partial charge is 0.380 e. The lowest BCUT2D eigenvalue weighted by atomic mass is 10.2. The van der Waals surface area contributed by atoms with Gasteiger partial charge in [-0.05, 0) is 12.1 Å². The summed E-state index contributed by atoms with van der Waals surface area (Å²) >= 11 is 0. The van der Waals surface area contributed by atoms with Crippen LogP contribution in [0.5, 0.6) is 0 Å². The molecular weight excluding hydrogens is 319 g/mol. The molecule has 0 radical (unpaired) electrons. The van der Waals surface area contributed by atoms with Gasteiger partial charge < -0.3 is 5.32 Å². The summed E-state index contributed by atoms with van der Waals surface area (Å²) in [5.41, 5.74) is -1.18. The summed E-state index contributed by atoms with van der Waals surface area (Å²) in [4.78, 5) is 18.7. The standard InChI is InChI=1S/C7H7FN2O2.C6H3F2NO2/c1-9-7-5(8)3-2-4-6(7)10(11)12;7-4-2-1-3-5(6(4)8)9(10)11/h2-4,9H,1H3;1-3H. The van der Waals surface area contributed by atoms with Crippen LogP contribution in [0.2, 0.25) is 0 Å². The molecule has 10 heteroatoms. The van der Waals surface area contributed by atoms with Gasteiger partial charge in [-0.2, -0.15) is 4.39 Å². The maximum Gasteiger partial charge on any atom is 0.307 e. The van der Waals surface area contributed by atoms with Crippen molar-refractivity contribution in [1.82, 2.24) is 0 Å². The molecule has 0 atom stereocenters. The molecule has 1 N–H and O–H groups in total. The number of anilines is 1. The van der Waals surface area contributed by atoms with Crippen molar-refractivity contribution in [1.29, 1.82) is 0 Å². The van der Waals surface area contributed by atoms with Crippen molar-refractivity contribution in [2.45, 2.75) is 0 Å². The van der Waals surface area contributed by atoms with Crippen LogP contribution in [0.1, 0.15) is 0 Å². The Balaban J connectivity index is 0.000000231. The minimum atomic E-state index is -1.42. The third-order valence-corrected chi connectivity index (χ3v) is 2.57. The molecule has 0 bridgehead atoms.